The molecule has 3 aliphatic heterocycles. The average molecular weight is 663 g/mol. The van der Waals surface area contributed by atoms with Crippen LogP contribution in [-0.4, -0.2) is 90.3 Å². The Kier molecular flexibility index (Phi) is 8.06. The number of hydrogen-bond acceptors (Lipinski definition) is 15. The van der Waals surface area contributed by atoms with Gasteiger partial charge < -0.3 is 30.9 Å². The molecule has 0 saturated carbocycles. The lowest BCUT2D eigenvalue weighted by Crippen LogP contribution is -2.37. The predicted octanol–water partition coefficient (Wildman–Crippen LogP) is 0.594. The molecule has 43 heavy (non-hydrogen) atoms. The van der Waals surface area contributed by atoms with Crippen molar-refractivity contribution in [2.45, 2.75) is 49.0 Å². The van der Waals surface area contributed by atoms with Crippen LogP contribution >= 0.6 is 26.9 Å². The minimum absolute atomic E-state index is 0.0269. The Morgan fingerprint density at radius 2 is 1.84 bits per heavy atom. The molecule has 232 valence electrons. The van der Waals surface area contributed by atoms with Crippen LogP contribution < -0.4 is 11.5 Å². The van der Waals surface area contributed by atoms with E-state index in [-0.39, 0.29) is 28.2 Å². The highest BCUT2D eigenvalue weighted by Crippen LogP contribution is 2.58. The molecule has 0 bridgehead atoms. The van der Waals surface area contributed by atoms with Gasteiger partial charge in [-0.1, -0.05) is 12.2 Å². The maximum Gasteiger partial charge on any atom is 0.472 e. The Bertz CT molecular complexity index is 1650. The maximum atomic E-state index is 15.8. The number of carbonyl (C=O) groups excluding carboxylic acids is 1. The standard InChI is InChI=1S/C21H24FN7O11P2S/c22-12-16-10(38-21(12)29-7-28-13-18(23)26-6-27-20(13)29)5-36-42(34,43)40-17-11(4-35-41(32,33)39-16)37-15(14(17)30)8-1-2-25-9(3-8)19(24)31/h1-3,6-7,10-12,14-17,21,30H,4-5H2,(H2,24,31)(H,32,33)(H,34,43)(H2,23,26,27)/t10-,11-,12-,14+,15?,16-,17-,21-,42?/m1/s1. The number of nitrogens with two attached hydrogens (primary N) is 2. The number of halogens is 1. The smallest absolute Gasteiger partial charge is 0.387 e. The molecule has 3 saturated heterocycles. The van der Waals surface area contributed by atoms with Crippen molar-refractivity contribution in [1.29, 1.82) is 0 Å². The molecule has 0 aromatic carbocycles. The van der Waals surface area contributed by atoms with Crippen LogP contribution in [0.15, 0.2) is 31.0 Å². The monoisotopic (exact) mass is 663 g/mol. The zero-order chi connectivity index (χ0) is 30.7. The van der Waals surface area contributed by atoms with Crippen molar-refractivity contribution in [3.8, 4) is 0 Å². The van der Waals surface area contributed by atoms with Gasteiger partial charge in [-0.2, -0.15) is 0 Å². The lowest BCUT2D eigenvalue weighted by Gasteiger charge is -2.28. The summed E-state index contributed by atoms with van der Waals surface area (Å²) in [6.07, 6.45) is -8.88. The number of phosphoric ester groups is 1. The number of thiol groups is 1. The highest BCUT2D eigenvalue weighted by Gasteiger charge is 2.54. The van der Waals surface area contributed by atoms with Crippen molar-refractivity contribution in [2.75, 3.05) is 18.9 Å². The van der Waals surface area contributed by atoms with E-state index >= 15 is 4.39 Å². The first-order chi connectivity index (χ1) is 20.3. The normalized spacial score (nSPS) is 38.6. The molecule has 6 heterocycles. The van der Waals surface area contributed by atoms with Crippen molar-refractivity contribution in [3.63, 3.8) is 0 Å². The lowest BCUT2D eigenvalue weighted by molar-refractivity contribution is -0.0547. The second-order valence-corrected chi connectivity index (χ2v) is 14.0. The molecular weight excluding hydrogens is 639 g/mol. The quantitative estimate of drug-likeness (QED) is 0.190. The molecule has 3 aromatic rings. The number of nitrogens with zero attached hydrogens (tertiary/aromatic N) is 5. The van der Waals surface area contributed by atoms with Crippen LogP contribution in [0.4, 0.5) is 10.2 Å². The molecule has 6 rings (SSSR count). The van der Waals surface area contributed by atoms with E-state index in [4.69, 9.17) is 39.0 Å². The fraction of sp³-hybridized carbons (Fsp3) is 0.476. The van der Waals surface area contributed by atoms with Gasteiger partial charge in [-0.3, -0.25) is 32.4 Å². The predicted molar refractivity (Wildman–Crippen MR) is 143 cm³/mol. The number of ether oxygens (including phenoxy) is 2. The van der Waals surface area contributed by atoms with Gasteiger partial charge in [0.05, 0.1) is 19.5 Å². The largest absolute Gasteiger partial charge is 0.472 e. The number of amides is 1. The van der Waals surface area contributed by atoms with Gasteiger partial charge in [-0.25, -0.2) is 28.5 Å². The number of primary amides is 1. The average Bonchev–Trinajstić information content (AvgIpc) is 3.61. The second kappa shape index (κ2) is 11.4. The van der Waals surface area contributed by atoms with E-state index in [1.165, 1.54) is 29.2 Å². The fourth-order valence-corrected chi connectivity index (χ4v) is 7.42. The van der Waals surface area contributed by atoms with Crippen molar-refractivity contribution in [1.82, 2.24) is 24.5 Å². The summed E-state index contributed by atoms with van der Waals surface area (Å²) in [6, 6.07) is 2.69. The van der Waals surface area contributed by atoms with Gasteiger partial charge in [0.15, 0.2) is 23.9 Å². The number of fused-ring (bicyclic) bond motifs is 3. The summed E-state index contributed by atoms with van der Waals surface area (Å²) in [4.78, 5) is 37.9. The van der Waals surface area contributed by atoms with Crippen molar-refractivity contribution in [2.24, 2.45) is 5.73 Å². The number of aliphatic hydroxyl groups is 1. The molecule has 1 amide bonds. The summed E-state index contributed by atoms with van der Waals surface area (Å²) in [6.45, 7) is -5.80. The summed E-state index contributed by atoms with van der Waals surface area (Å²) in [5, 5.41) is 11.0. The second-order valence-electron chi connectivity index (χ2n) is 9.69. The van der Waals surface area contributed by atoms with Crippen molar-refractivity contribution >= 4 is 49.8 Å². The van der Waals surface area contributed by atoms with Crippen molar-refractivity contribution in [3.05, 3.63) is 42.2 Å². The van der Waals surface area contributed by atoms with Gasteiger partial charge >= 0.3 is 14.6 Å². The van der Waals surface area contributed by atoms with Crippen LogP contribution in [-0.2, 0) is 36.7 Å². The number of aromatic nitrogens is 5. The molecule has 0 radical (unpaired) electrons. The minimum atomic E-state index is -5.04. The molecule has 3 fully saturated rings. The number of alkyl halides is 1. The van der Waals surface area contributed by atoms with E-state index in [0.717, 1.165) is 6.33 Å². The van der Waals surface area contributed by atoms with E-state index < -0.39 is 82.8 Å². The Morgan fingerprint density at radius 3 is 2.60 bits per heavy atom. The highest BCUT2D eigenvalue weighted by atomic mass is 32.7. The topological polar surface area (TPSA) is 256 Å². The molecular formula is C21H24FN7O11P2S. The third kappa shape index (κ3) is 5.93. The summed E-state index contributed by atoms with van der Waals surface area (Å²) in [5.74, 6) is -0.814. The Labute approximate surface area is 246 Å². The molecule has 10 atom stereocenters. The van der Waals surface area contributed by atoms with Gasteiger partial charge in [-0.05, 0) is 17.7 Å². The number of aliphatic hydroxyl groups excluding tert-OH is 1. The van der Waals surface area contributed by atoms with Crippen molar-refractivity contribution < 1.29 is 55.9 Å². The SMILES string of the molecule is NC(=O)c1cc(C2O[C@@H]3COP(=O)(O)O[C@H]4[C@@H](F)[C@H](n5cnc6c(N)ncnc65)O[C@@H]4COP(=O)(S)O[C@H]3[C@H]2O)ccn1. The zero-order valence-electron chi connectivity index (χ0n) is 21.6. The fourth-order valence-electron chi connectivity index (χ4n) is 4.98. The van der Waals surface area contributed by atoms with E-state index in [2.05, 4.69) is 32.2 Å². The number of hydrogen-bond donors (Lipinski definition) is 5. The highest BCUT2D eigenvalue weighted by molar-refractivity contribution is 8.44. The number of pyridine rings is 1. The molecule has 3 unspecified atom stereocenters. The summed E-state index contributed by atoms with van der Waals surface area (Å²) < 4.78 is 76.0. The Hall–Kier alpha value is -2.61. The number of phosphoric acid groups is 1. The minimum Gasteiger partial charge on any atom is -0.387 e. The van der Waals surface area contributed by atoms with Gasteiger partial charge in [0.1, 0.15) is 54.2 Å². The van der Waals surface area contributed by atoms with E-state index in [0.29, 0.717) is 0 Å². The number of nitrogen functional groups attached to an aromatic ring is 1. The van der Waals surface area contributed by atoms with Gasteiger partial charge in [0, 0.05) is 6.20 Å². The van der Waals surface area contributed by atoms with Crippen LogP contribution in [0, 0.1) is 0 Å². The molecule has 0 spiro atoms. The summed E-state index contributed by atoms with van der Waals surface area (Å²) >= 11 is 3.98. The summed E-state index contributed by atoms with van der Waals surface area (Å²) in [5.41, 5.74) is 11.5. The van der Waals surface area contributed by atoms with Crippen LogP contribution in [0.5, 0.6) is 0 Å². The molecule has 18 nitrogen and oxygen atoms in total. The molecule has 22 heteroatoms. The number of imidazole rings is 1. The van der Waals surface area contributed by atoms with E-state index in [1.54, 1.807) is 0 Å². The molecule has 0 aliphatic carbocycles. The third-order valence-electron chi connectivity index (χ3n) is 6.94. The number of anilines is 1. The van der Waals surface area contributed by atoms with Gasteiger partial charge in [0.2, 0.25) is 0 Å². The maximum absolute atomic E-state index is 15.8. The Morgan fingerprint density at radius 1 is 1.09 bits per heavy atom. The number of rotatable bonds is 3. The van der Waals surface area contributed by atoms with Gasteiger partial charge in [0.25, 0.3) is 5.91 Å². The van der Waals surface area contributed by atoms with E-state index in [9.17, 15) is 23.9 Å². The molecule has 6 N–H and O–H groups in total. The van der Waals surface area contributed by atoms with Crippen LogP contribution in [0.1, 0.15) is 28.4 Å². The third-order valence-corrected chi connectivity index (χ3v) is 9.54. The Balaban J connectivity index is 1.27. The van der Waals surface area contributed by atoms with Crippen LogP contribution in [0.25, 0.3) is 11.2 Å². The number of carbonyl (C=O) groups is 1. The van der Waals surface area contributed by atoms with Crippen LogP contribution in [0.2, 0.25) is 0 Å². The van der Waals surface area contributed by atoms with Gasteiger partial charge in [-0.15, -0.1) is 0 Å². The van der Waals surface area contributed by atoms with Crippen LogP contribution in [0.3, 0.4) is 0 Å². The first-order valence-electron chi connectivity index (χ1n) is 12.5. The zero-order valence-corrected chi connectivity index (χ0v) is 24.3. The molecule has 3 aliphatic rings. The first-order valence-corrected chi connectivity index (χ1v) is 16.7. The molecule has 3 aromatic heterocycles. The summed E-state index contributed by atoms with van der Waals surface area (Å²) in [7, 11) is -5.04. The van der Waals surface area contributed by atoms with E-state index in [1.807, 2.05) is 0 Å². The first kappa shape index (κ1) is 30.4. The lowest BCUT2D eigenvalue weighted by atomic mass is 10.0.